The normalized spacial score (nSPS) is 19.3. The van der Waals surface area contributed by atoms with Crippen molar-refractivity contribution in [1.29, 1.82) is 0 Å². The number of aromatic nitrogens is 2. The zero-order chi connectivity index (χ0) is 19.4. The predicted octanol–water partition coefficient (Wildman–Crippen LogP) is 2.97. The molecule has 0 saturated heterocycles. The van der Waals surface area contributed by atoms with E-state index < -0.39 is 11.4 Å². The smallest absolute Gasteiger partial charge is 0.275 e. The SMILES string of the molecule is CCNc1cnc(C(=O)Nc2ccc(F)c([C@]3(C)CCSC(N)=N3)c2)cn1. The molecule has 0 aliphatic carbocycles. The van der Waals surface area contributed by atoms with Crippen molar-refractivity contribution in [2.75, 3.05) is 22.9 Å². The number of nitrogens with two attached hydrogens (primary N) is 1. The van der Waals surface area contributed by atoms with Gasteiger partial charge in [-0.25, -0.2) is 14.4 Å². The summed E-state index contributed by atoms with van der Waals surface area (Å²) in [6, 6.07) is 4.43. The van der Waals surface area contributed by atoms with Crippen LogP contribution < -0.4 is 16.4 Å². The summed E-state index contributed by atoms with van der Waals surface area (Å²) >= 11 is 1.45. The molecule has 1 atom stereocenters. The third kappa shape index (κ3) is 4.36. The molecule has 1 aliphatic heterocycles. The van der Waals surface area contributed by atoms with Crippen LogP contribution in [0, 0.1) is 5.82 Å². The van der Waals surface area contributed by atoms with Gasteiger partial charge in [-0.1, -0.05) is 11.8 Å². The predicted molar refractivity (Wildman–Crippen MR) is 107 cm³/mol. The Labute approximate surface area is 161 Å². The average Bonchev–Trinajstić information content (AvgIpc) is 2.64. The zero-order valence-corrected chi connectivity index (χ0v) is 15.9. The molecule has 0 fully saturated rings. The number of halogens is 1. The summed E-state index contributed by atoms with van der Waals surface area (Å²) in [6.45, 7) is 4.49. The molecule has 2 aromatic rings. The molecule has 0 spiro atoms. The molecule has 3 rings (SSSR count). The second-order valence-electron chi connectivity index (χ2n) is 6.29. The van der Waals surface area contributed by atoms with Gasteiger partial charge in [0.1, 0.15) is 17.3 Å². The Hall–Kier alpha value is -2.68. The third-order valence-corrected chi connectivity index (χ3v) is 5.04. The Bertz CT molecular complexity index is 873. The number of rotatable bonds is 5. The van der Waals surface area contributed by atoms with Gasteiger partial charge in [-0.15, -0.1) is 0 Å². The number of carbonyl (C=O) groups is 1. The largest absolute Gasteiger partial charge is 0.379 e. The van der Waals surface area contributed by atoms with Crippen molar-refractivity contribution in [2.45, 2.75) is 25.8 Å². The number of anilines is 2. The fourth-order valence-electron chi connectivity index (χ4n) is 2.81. The molecule has 0 unspecified atom stereocenters. The van der Waals surface area contributed by atoms with E-state index in [0.717, 1.165) is 5.75 Å². The summed E-state index contributed by atoms with van der Waals surface area (Å²) in [6.07, 6.45) is 3.54. The topological polar surface area (TPSA) is 105 Å². The highest BCUT2D eigenvalue weighted by molar-refractivity contribution is 8.13. The van der Waals surface area contributed by atoms with Gasteiger partial charge < -0.3 is 16.4 Å². The molecule has 142 valence electrons. The van der Waals surface area contributed by atoms with Crippen LogP contribution in [0.3, 0.4) is 0 Å². The summed E-state index contributed by atoms with van der Waals surface area (Å²) in [5.41, 5.74) is 6.10. The van der Waals surface area contributed by atoms with E-state index in [2.05, 4.69) is 25.6 Å². The number of benzene rings is 1. The number of amidine groups is 1. The molecule has 1 aromatic heterocycles. The van der Waals surface area contributed by atoms with Gasteiger partial charge in [-0.05, 0) is 38.5 Å². The number of amides is 1. The van der Waals surface area contributed by atoms with Crippen molar-refractivity contribution >= 4 is 34.3 Å². The van der Waals surface area contributed by atoms with Gasteiger partial charge in [0.25, 0.3) is 5.91 Å². The lowest BCUT2D eigenvalue weighted by Crippen LogP contribution is -2.29. The maximum absolute atomic E-state index is 14.4. The number of nitrogens with one attached hydrogen (secondary N) is 2. The van der Waals surface area contributed by atoms with E-state index in [9.17, 15) is 9.18 Å². The lowest BCUT2D eigenvalue weighted by molar-refractivity contribution is 0.102. The van der Waals surface area contributed by atoms with Crippen LogP contribution in [0.1, 0.15) is 36.3 Å². The lowest BCUT2D eigenvalue weighted by atomic mass is 9.89. The Morgan fingerprint density at radius 3 is 2.85 bits per heavy atom. The summed E-state index contributed by atoms with van der Waals surface area (Å²) in [7, 11) is 0. The zero-order valence-electron chi connectivity index (χ0n) is 15.1. The molecule has 7 nitrogen and oxygen atoms in total. The average molecular weight is 388 g/mol. The van der Waals surface area contributed by atoms with Crippen LogP contribution in [0.15, 0.2) is 35.6 Å². The highest BCUT2D eigenvalue weighted by atomic mass is 32.2. The first kappa shape index (κ1) is 19.1. The van der Waals surface area contributed by atoms with Crippen LogP contribution in [-0.2, 0) is 5.54 Å². The first-order valence-electron chi connectivity index (χ1n) is 8.57. The van der Waals surface area contributed by atoms with Gasteiger partial charge in [-0.2, -0.15) is 0 Å². The van der Waals surface area contributed by atoms with Crippen LogP contribution in [0.2, 0.25) is 0 Å². The molecule has 4 N–H and O–H groups in total. The molecular formula is C18H21FN6OS. The van der Waals surface area contributed by atoms with E-state index in [1.54, 1.807) is 6.07 Å². The van der Waals surface area contributed by atoms with Crippen molar-refractivity contribution in [3.8, 4) is 0 Å². The number of thioether (sulfide) groups is 1. The quantitative estimate of drug-likeness (QED) is 0.727. The lowest BCUT2D eigenvalue weighted by Gasteiger charge is -2.30. The van der Waals surface area contributed by atoms with Gasteiger partial charge in [0.05, 0.1) is 17.9 Å². The first-order chi connectivity index (χ1) is 12.9. The third-order valence-electron chi connectivity index (χ3n) is 4.24. The van der Waals surface area contributed by atoms with E-state index in [1.165, 1.54) is 36.3 Å². The van der Waals surface area contributed by atoms with Crippen LogP contribution in [0.5, 0.6) is 0 Å². The van der Waals surface area contributed by atoms with Gasteiger partial charge in [0.15, 0.2) is 5.17 Å². The Morgan fingerprint density at radius 2 is 2.19 bits per heavy atom. The summed E-state index contributed by atoms with van der Waals surface area (Å²) in [5, 5.41) is 6.18. The first-order valence-corrected chi connectivity index (χ1v) is 9.55. The molecule has 0 bridgehead atoms. The highest BCUT2D eigenvalue weighted by Gasteiger charge is 2.32. The van der Waals surface area contributed by atoms with E-state index in [1.807, 2.05) is 13.8 Å². The highest BCUT2D eigenvalue weighted by Crippen LogP contribution is 2.37. The van der Waals surface area contributed by atoms with Gasteiger partial charge in [0.2, 0.25) is 0 Å². The van der Waals surface area contributed by atoms with Crippen LogP contribution >= 0.6 is 11.8 Å². The minimum absolute atomic E-state index is 0.171. The van der Waals surface area contributed by atoms with E-state index in [-0.39, 0.29) is 11.5 Å². The molecular weight excluding hydrogens is 367 g/mol. The monoisotopic (exact) mass is 388 g/mol. The van der Waals surface area contributed by atoms with Crippen molar-refractivity contribution in [3.63, 3.8) is 0 Å². The number of hydrogen-bond donors (Lipinski definition) is 3. The van der Waals surface area contributed by atoms with Gasteiger partial charge in [-0.3, -0.25) is 9.79 Å². The second-order valence-corrected chi connectivity index (χ2v) is 7.40. The summed E-state index contributed by atoms with van der Waals surface area (Å²) in [4.78, 5) is 25.1. The van der Waals surface area contributed by atoms with Crippen LogP contribution in [-0.4, -0.2) is 33.3 Å². The fourth-order valence-corrected chi connectivity index (χ4v) is 3.78. The van der Waals surface area contributed by atoms with Crippen molar-refractivity contribution in [1.82, 2.24) is 9.97 Å². The molecule has 0 saturated carbocycles. The molecule has 9 heteroatoms. The standard InChI is InChI=1S/C18H21FN6OS/c1-3-21-15-10-22-14(9-23-15)16(26)24-11-4-5-13(19)12(8-11)18(2)6-7-27-17(20)25-18/h4-5,8-10H,3,6-7H2,1-2H3,(H2,20,25)(H,21,23)(H,24,26)/t18-/m0/s1. The molecule has 1 amide bonds. The number of nitrogens with zero attached hydrogens (tertiary/aromatic N) is 3. The number of aliphatic imine (C=N–C) groups is 1. The van der Waals surface area contributed by atoms with Gasteiger partial charge in [0, 0.05) is 23.5 Å². The molecule has 1 aromatic carbocycles. The van der Waals surface area contributed by atoms with E-state index in [0.29, 0.717) is 35.2 Å². The van der Waals surface area contributed by atoms with E-state index in [4.69, 9.17) is 5.73 Å². The number of hydrogen-bond acceptors (Lipinski definition) is 7. The van der Waals surface area contributed by atoms with Crippen LogP contribution in [0.4, 0.5) is 15.9 Å². The maximum atomic E-state index is 14.4. The Kier molecular flexibility index (Phi) is 5.59. The Balaban J connectivity index is 1.81. The minimum atomic E-state index is -0.757. The summed E-state index contributed by atoms with van der Waals surface area (Å²) in [5.74, 6) is 0.552. The van der Waals surface area contributed by atoms with Gasteiger partial charge >= 0.3 is 0 Å². The molecule has 2 heterocycles. The number of carbonyl (C=O) groups excluding carboxylic acids is 1. The Morgan fingerprint density at radius 1 is 1.37 bits per heavy atom. The van der Waals surface area contributed by atoms with Crippen molar-refractivity contribution in [3.05, 3.63) is 47.7 Å². The molecule has 1 aliphatic rings. The molecule has 0 radical (unpaired) electrons. The summed E-state index contributed by atoms with van der Waals surface area (Å²) < 4.78 is 14.4. The minimum Gasteiger partial charge on any atom is -0.379 e. The fraction of sp³-hybridized carbons (Fsp3) is 0.333. The van der Waals surface area contributed by atoms with Crippen molar-refractivity contribution < 1.29 is 9.18 Å². The second kappa shape index (κ2) is 7.91. The van der Waals surface area contributed by atoms with E-state index >= 15 is 0 Å². The molecule has 27 heavy (non-hydrogen) atoms. The van der Waals surface area contributed by atoms with Crippen molar-refractivity contribution in [2.24, 2.45) is 10.7 Å². The maximum Gasteiger partial charge on any atom is 0.275 e. The van der Waals surface area contributed by atoms with Crippen LogP contribution in [0.25, 0.3) is 0 Å².